The molecular formula is C24H20N2O. The van der Waals surface area contributed by atoms with Gasteiger partial charge in [0, 0.05) is 16.6 Å². The number of amides is 1. The molecule has 3 heteroatoms. The van der Waals surface area contributed by atoms with Crippen molar-refractivity contribution in [2.75, 3.05) is 5.32 Å². The Balaban J connectivity index is 1.84. The van der Waals surface area contributed by atoms with Gasteiger partial charge >= 0.3 is 0 Å². The van der Waals surface area contributed by atoms with Crippen molar-refractivity contribution in [2.24, 2.45) is 0 Å². The molecule has 0 bridgehead atoms. The third kappa shape index (κ3) is 3.44. The van der Waals surface area contributed by atoms with Crippen LogP contribution in [0.1, 0.15) is 21.5 Å². The predicted molar refractivity (Wildman–Crippen MR) is 111 cm³/mol. The quantitative estimate of drug-likeness (QED) is 0.508. The van der Waals surface area contributed by atoms with E-state index in [-0.39, 0.29) is 5.91 Å². The minimum Gasteiger partial charge on any atom is -0.322 e. The maximum absolute atomic E-state index is 13.1. The zero-order valence-corrected chi connectivity index (χ0v) is 15.4. The van der Waals surface area contributed by atoms with Crippen molar-refractivity contribution in [1.29, 1.82) is 0 Å². The zero-order chi connectivity index (χ0) is 18.8. The van der Waals surface area contributed by atoms with E-state index in [9.17, 15) is 4.79 Å². The fraction of sp³-hybridized carbons (Fsp3) is 0.0833. The molecule has 0 fully saturated rings. The van der Waals surface area contributed by atoms with E-state index in [2.05, 4.69) is 5.32 Å². The van der Waals surface area contributed by atoms with Crippen molar-refractivity contribution < 1.29 is 4.79 Å². The van der Waals surface area contributed by atoms with E-state index in [4.69, 9.17) is 4.98 Å². The predicted octanol–water partition coefficient (Wildman–Crippen LogP) is 5.77. The van der Waals surface area contributed by atoms with Gasteiger partial charge in [-0.1, -0.05) is 66.2 Å². The standard InChI is InChI=1S/C24H20N2O/c1-16-11-13-19(14-12-16)25-24(27)21-15-22(18-8-4-3-5-9-18)26-23-17(2)7-6-10-20(21)23/h3-15H,1-2H3,(H,25,27). The van der Waals surface area contributed by atoms with Crippen molar-refractivity contribution >= 4 is 22.5 Å². The second-order valence-electron chi connectivity index (χ2n) is 6.71. The van der Waals surface area contributed by atoms with Crippen LogP contribution in [0.4, 0.5) is 5.69 Å². The van der Waals surface area contributed by atoms with Crippen LogP contribution in [0.5, 0.6) is 0 Å². The topological polar surface area (TPSA) is 42.0 Å². The lowest BCUT2D eigenvalue weighted by atomic mass is 10.0. The van der Waals surface area contributed by atoms with E-state index in [1.54, 1.807) is 0 Å². The number of aryl methyl sites for hydroxylation is 2. The molecule has 0 saturated carbocycles. The Hall–Kier alpha value is -3.46. The molecule has 1 N–H and O–H groups in total. The summed E-state index contributed by atoms with van der Waals surface area (Å²) in [4.78, 5) is 17.9. The molecule has 1 amide bonds. The molecule has 0 spiro atoms. The monoisotopic (exact) mass is 352 g/mol. The van der Waals surface area contributed by atoms with Crippen molar-refractivity contribution in [3.8, 4) is 11.3 Å². The van der Waals surface area contributed by atoms with E-state index in [1.165, 1.54) is 0 Å². The van der Waals surface area contributed by atoms with E-state index < -0.39 is 0 Å². The van der Waals surface area contributed by atoms with Crippen LogP contribution in [0.3, 0.4) is 0 Å². The molecule has 3 nitrogen and oxygen atoms in total. The second-order valence-corrected chi connectivity index (χ2v) is 6.71. The Morgan fingerprint density at radius 3 is 2.33 bits per heavy atom. The number of pyridine rings is 1. The van der Waals surface area contributed by atoms with Gasteiger partial charge in [-0.05, 0) is 37.6 Å². The van der Waals surface area contributed by atoms with E-state index >= 15 is 0 Å². The number of aromatic nitrogens is 1. The number of nitrogens with one attached hydrogen (secondary N) is 1. The van der Waals surface area contributed by atoms with Crippen LogP contribution >= 0.6 is 0 Å². The summed E-state index contributed by atoms with van der Waals surface area (Å²) in [6.07, 6.45) is 0. The van der Waals surface area contributed by atoms with Crippen LogP contribution in [-0.2, 0) is 0 Å². The minimum absolute atomic E-state index is 0.131. The van der Waals surface area contributed by atoms with Gasteiger partial charge in [0.25, 0.3) is 5.91 Å². The maximum atomic E-state index is 13.1. The van der Waals surface area contributed by atoms with Crippen LogP contribution in [0, 0.1) is 13.8 Å². The molecule has 0 aliphatic heterocycles. The number of rotatable bonds is 3. The Labute approximate surface area is 158 Å². The van der Waals surface area contributed by atoms with Crippen molar-refractivity contribution in [1.82, 2.24) is 4.98 Å². The summed E-state index contributed by atoms with van der Waals surface area (Å²) in [6, 6.07) is 25.6. The normalized spacial score (nSPS) is 10.7. The van der Waals surface area contributed by atoms with Crippen molar-refractivity contribution in [3.05, 3.63) is 95.6 Å². The molecule has 132 valence electrons. The highest BCUT2D eigenvalue weighted by molar-refractivity contribution is 6.13. The molecule has 0 unspecified atom stereocenters. The third-order valence-corrected chi connectivity index (χ3v) is 4.66. The van der Waals surface area contributed by atoms with Gasteiger partial charge in [-0.3, -0.25) is 4.79 Å². The lowest BCUT2D eigenvalue weighted by molar-refractivity contribution is 0.102. The number of hydrogen-bond donors (Lipinski definition) is 1. The summed E-state index contributed by atoms with van der Waals surface area (Å²) in [5.74, 6) is -0.131. The van der Waals surface area contributed by atoms with Gasteiger partial charge in [0.15, 0.2) is 0 Å². The van der Waals surface area contributed by atoms with Gasteiger partial charge in [0.1, 0.15) is 0 Å². The van der Waals surface area contributed by atoms with E-state index in [1.807, 2.05) is 92.7 Å². The Bertz CT molecular complexity index is 1120. The Morgan fingerprint density at radius 2 is 1.59 bits per heavy atom. The van der Waals surface area contributed by atoms with Gasteiger partial charge in [-0.25, -0.2) is 4.98 Å². The molecule has 1 aromatic heterocycles. The van der Waals surface area contributed by atoms with Gasteiger partial charge < -0.3 is 5.32 Å². The molecule has 0 aliphatic carbocycles. The average Bonchev–Trinajstić information content (AvgIpc) is 2.70. The molecule has 0 saturated heterocycles. The van der Waals surface area contributed by atoms with Crippen LogP contribution in [-0.4, -0.2) is 10.9 Å². The molecule has 3 aromatic carbocycles. The summed E-state index contributed by atoms with van der Waals surface area (Å²) in [5, 5.41) is 3.87. The van der Waals surface area contributed by atoms with Crippen LogP contribution in [0.2, 0.25) is 0 Å². The number of carbonyl (C=O) groups excluding carboxylic acids is 1. The SMILES string of the molecule is Cc1ccc(NC(=O)c2cc(-c3ccccc3)nc3c(C)cccc23)cc1. The van der Waals surface area contributed by atoms with Crippen LogP contribution in [0.15, 0.2) is 78.9 Å². The summed E-state index contributed by atoms with van der Waals surface area (Å²) in [5.41, 5.74) is 6.26. The molecule has 4 rings (SSSR count). The lowest BCUT2D eigenvalue weighted by Gasteiger charge is -2.12. The van der Waals surface area contributed by atoms with Gasteiger partial charge in [0.05, 0.1) is 16.8 Å². The lowest BCUT2D eigenvalue weighted by Crippen LogP contribution is -2.13. The first-order valence-electron chi connectivity index (χ1n) is 8.95. The average molecular weight is 352 g/mol. The maximum Gasteiger partial charge on any atom is 0.256 e. The number of anilines is 1. The number of fused-ring (bicyclic) bond motifs is 1. The van der Waals surface area contributed by atoms with Crippen molar-refractivity contribution in [2.45, 2.75) is 13.8 Å². The largest absolute Gasteiger partial charge is 0.322 e. The number of para-hydroxylation sites is 1. The third-order valence-electron chi connectivity index (χ3n) is 4.66. The van der Waals surface area contributed by atoms with Crippen molar-refractivity contribution in [3.63, 3.8) is 0 Å². The molecule has 0 radical (unpaired) electrons. The van der Waals surface area contributed by atoms with Crippen LogP contribution < -0.4 is 5.32 Å². The Kier molecular flexibility index (Phi) is 4.43. The number of nitrogens with zero attached hydrogens (tertiary/aromatic N) is 1. The first-order chi connectivity index (χ1) is 13.1. The number of hydrogen-bond acceptors (Lipinski definition) is 2. The fourth-order valence-corrected chi connectivity index (χ4v) is 3.17. The smallest absolute Gasteiger partial charge is 0.256 e. The number of benzene rings is 3. The summed E-state index contributed by atoms with van der Waals surface area (Å²) in [7, 11) is 0. The zero-order valence-electron chi connectivity index (χ0n) is 15.4. The molecule has 0 atom stereocenters. The molecule has 4 aromatic rings. The minimum atomic E-state index is -0.131. The summed E-state index contributed by atoms with van der Waals surface area (Å²) < 4.78 is 0. The first-order valence-corrected chi connectivity index (χ1v) is 8.95. The highest BCUT2D eigenvalue weighted by Gasteiger charge is 2.15. The fourth-order valence-electron chi connectivity index (χ4n) is 3.17. The number of carbonyl (C=O) groups is 1. The molecule has 1 heterocycles. The van der Waals surface area contributed by atoms with Gasteiger partial charge in [-0.15, -0.1) is 0 Å². The first kappa shape index (κ1) is 17.0. The molecule has 27 heavy (non-hydrogen) atoms. The Morgan fingerprint density at radius 1 is 0.852 bits per heavy atom. The highest BCUT2D eigenvalue weighted by Crippen LogP contribution is 2.27. The van der Waals surface area contributed by atoms with Gasteiger partial charge in [-0.2, -0.15) is 0 Å². The summed E-state index contributed by atoms with van der Waals surface area (Å²) in [6.45, 7) is 4.04. The molecule has 0 aliphatic rings. The highest BCUT2D eigenvalue weighted by atomic mass is 16.1. The van der Waals surface area contributed by atoms with E-state index in [0.717, 1.165) is 39.0 Å². The molecular weight excluding hydrogens is 332 g/mol. The second kappa shape index (κ2) is 7.04. The van der Waals surface area contributed by atoms with Gasteiger partial charge in [0.2, 0.25) is 0 Å². The van der Waals surface area contributed by atoms with Crippen LogP contribution in [0.25, 0.3) is 22.2 Å². The van der Waals surface area contributed by atoms with E-state index in [0.29, 0.717) is 5.56 Å². The summed E-state index contributed by atoms with van der Waals surface area (Å²) >= 11 is 0.